The first-order chi connectivity index (χ1) is 10.2. The van der Waals surface area contributed by atoms with Crippen LogP contribution in [-0.4, -0.2) is 7.28 Å². The van der Waals surface area contributed by atoms with Gasteiger partial charge in [0.15, 0.2) is 7.28 Å². The molecule has 109 valence electrons. The van der Waals surface area contributed by atoms with Crippen molar-refractivity contribution >= 4 is 18.2 Å². The van der Waals surface area contributed by atoms with Gasteiger partial charge in [-0.15, -0.1) is 0 Å². The summed E-state index contributed by atoms with van der Waals surface area (Å²) in [6.07, 6.45) is 4.37. The van der Waals surface area contributed by atoms with Crippen LogP contribution in [0.25, 0.3) is 0 Å². The largest absolute Gasteiger partial charge is 0.192 e. The van der Waals surface area contributed by atoms with Crippen LogP contribution in [0.2, 0.25) is 0 Å². The molecule has 0 aliphatic heterocycles. The molecule has 2 aromatic rings. The predicted molar refractivity (Wildman–Crippen MR) is 95.4 cm³/mol. The third-order valence-electron chi connectivity index (χ3n) is 4.39. The summed E-state index contributed by atoms with van der Waals surface area (Å²) in [5.41, 5.74) is 8.73. The Kier molecular flexibility index (Phi) is 5.67. The van der Waals surface area contributed by atoms with Gasteiger partial charge in [0, 0.05) is 0 Å². The second kappa shape index (κ2) is 7.50. The van der Waals surface area contributed by atoms with E-state index in [-0.39, 0.29) is 0 Å². The number of hydrogen-bond donors (Lipinski definition) is 0. The number of rotatable bonds is 6. The molecule has 21 heavy (non-hydrogen) atoms. The van der Waals surface area contributed by atoms with Crippen LogP contribution in [0.4, 0.5) is 0 Å². The third kappa shape index (κ3) is 3.40. The normalized spacial score (nSPS) is 10.7. The Morgan fingerprint density at radius 3 is 1.10 bits per heavy atom. The second-order valence-corrected chi connectivity index (χ2v) is 5.54. The van der Waals surface area contributed by atoms with Crippen molar-refractivity contribution in [1.82, 2.24) is 0 Å². The quantitative estimate of drug-likeness (QED) is 0.708. The van der Waals surface area contributed by atoms with Gasteiger partial charge in [0.2, 0.25) is 0 Å². The smallest absolute Gasteiger partial charge is 0.0752 e. The summed E-state index contributed by atoms with van der Waals surface area (Å²) in [6.45, 7) is 8.99. The topological polar surface area (TPSA) is 0 Å². The van der Waals surface area contributed by atoms with Crippen molar-refractivity contribution in [3.8, 4) is 0 Å². The molecule has 0 bridgehead atoms. The average molecular weight is 277 g/mol. The highest BCUT2D eigenvalue weighted by atomic mass is 14.1. The highest BCUT2D eigenvalue weighted by Crippen LogP contribution is 2.08. The van der Waals surface area contributed by atoms with Crippen molar-refractivity contribution in [3.63, 3.8) is 0 Å². The Balaban J connectivity index is 2.52. The van der Waals surface area contributed by atoms with Crippen LogP contribution in [0.1, 0.15) is 49.9 Å². The predicted octanol–water partition coefficient (Wildman–Crippen LogP) is 3.59. The molecule has 1 heteroatoms. The van der Waals surface area contributed by atoms with Crippen LogP contribution in [-0.2, 0) is 25.7 Å². The number of aryl methyl sites for hydroxylation is 4. The van der Waals surface area contributed by atoms with Crippen molar-refractivity contribution in [2.45, 2.75) is 53.4 Å². The number of hydrogen-bond acceptors (Lipinski definition) is 0. The molecule has 0 N–H and O–H groups in total. The van der Waals surface area contributed by atoms with Gasteiger partial charge in [-0.2, -0.15) is 0 Å². The first-order valence-corrected chi connectivity index (χ1v) is 8.31. The molecule has 2 aromatic carbocycles. The fourth-order valence-corrected chi connectivity index (χ4v) is 3.08. The first kappa shape index (κ1) is 15.9. The van der Waals surface area contributed by atoms with E-state index in [0.717, 1.165) is 25.7 Å². The summed E-state index contributed by atoms with van der Waals surface area (Å²) in [7, 11) is 2.44. The molecule has 1 radical (unpaired) electrons. The molecular formula is C20H26B. The van der Waals surface area contributed by atoms with Gasteiger partial charge in [-0.1, -0.05) is 97.3 Å². The van der Waals surface area contributed by atoms with Gasteiger partial charge in [0.1, 0.15) is 0 Å². The van der Waals surface area contributed by atoms with Gasteiger partial charge in [-0.3, -0.25) is 0 Å². The van der Waals surface area contributed by atoms with Crippen LogP contribution in [0.15, 0.2) is 36.4 Å². The highest BCUT2D eigenvalue weighted by molar-refractivity contribution is 6.69. The van der Waals surface area contributed by atoms with E-state index >= 15 is 0 Å². The lowest BCUT2D eigenvalue weighted by molar-refractivity contribution is 1.10. The first-order valence-electron chi connectivity index (χ1n) is 8.31. The maximum absolute atomic E-state index is 2.44. The third-order valence-corrected chi connectivity index (χ3v) is 4.39. The summed E-state index contributed by atoms with van der Waals surface area (Å²) in [5, 5.41) is 0. The zero-order valence-corrected chi connectivity index (χ0v) is 13.9. The van der Waals surface area contributed by atoms with Crippen LogP contribution < -0.4 is 10.9 Å². The molecular weight excluding hydrogens is 251 g/mol. The van der Waals surface area contributed by atoms with E-state index in [4.69, 9.17) is 0 Å². The summed E-state index contributed by atoms with van der Waals surface area (Å²) >= 11 is 0. The van der Waals surface area contributed by atoms with Gasteiger partial charge in [-0.25, -0.2) is 0 Å². The minimum atomic E-state index is 1.09. The Bertz CT molecular complexity index is 501. The molecule has 0 fully saturated rings. The summed E-state index contributed by atoms with van der Waals surface area (Å²) < 4.78 is 0. The van der Waals surface area contributed by atoms with Gasteiger partial charge in [-0.05, 0) is 25.7 Å². The van der Waals surface area contributed by atoms with Crippen LogP contribution >= 0.6 is 0 Å². The molecule has 0 spiro atoms. The minimum absolute atomic E-state index is 1.09. The minimum Gasteiger partial charge on any atom is -0.0752 e. The van der Waals surface area contributed by atoms with Crippen LogP contribution in [0, 0.1) is 0 Å². The average Bonchev–Trinajstić information content (AvgIpc) is 2.55. The summed E-state index contributed by atoms with van der Waals surface area (Å²) in [5.74, 6) is 0. The maximum Gasteiger partial charge on any atom is 0.192 e. The lowest BCUT2D eigenvalue weighted by Gasteiger charge is -2.17. The monoisotopic (exact) mass is 277 g/mol. The van der Waals surface area contributed by atoms with E-state index in [1.165, 1.54) is 33.2 Å². The molecule has 0 atom stereocenters. The lowest BCUT2D eigenvalue weighted by atomic mass is 9.57. The van der Waals surface area contributed by atoms with Crippen LogP contribution in [0.5, 0.6) is 0 Å². The molecule has 0 aliphatic carbocycles. The van der Waals surface area contributed by atoms with Crippen molar-refractivity contribution in [2.24, 2.45) is 0 Å². The van der Waals surface area contributed by atoms with Crippen molar-refractivity contribution in [2.75, 3.05) is 0 Å². The van der Waals surface area contributed by atoms with Gasteiger partial charge >= 0.3 is 0 Å². The van der Waals surface area contributed by atoms with Crippen molar-refractivity contribution < 1.29 is 0 Å². The Morgan fingerprint density at radius 2 is 0.857 bits per heavy atom. The fraction of sp³-hybridized carbons (Fsp3) is 0.400. The Hall–Kier alpha value is -1.50. The maximum atomic E-state index is 2.44. The molecule has 0 unspecified atom stereocenters. The van der Waals surface area contributed by atoms with E-state index < -0.39 is 0 Å². The molecule has 0 aliphatic rings. The van der Waals surface area contributed by atoms with Crippen molar-refractivity contribution in [1.29, 1.82) is 0 Å². The van der Waals surface area contributed by atoms with E-state index in [1.807, 2.05) is 0 Å². The Labute approximate surface area is 130 Å². The molecule has 0 amide bonds. The van der Waals surface area contributed by atoms with E-state index in [9.17, 15) is 0 Å². The molecule has 0 saturated heterocycles. The van der Waals surface area contributed by atoms with E-state index in [1.54, 1.807) is 0 Å². The standard InChI is InChI=1S/C20H26B/c1-5-15-11-9-12-16(6-2)19(15)21-20-17(7-3)13-10-14-18(20)8-4/h9-14H,5-8H2,1-4H3. The summed E-state index contributed by atoms with van der Waals surface area (Å²) in [6, 6.07) is 13.5. The second-order valence-electron chi connectivity index (χ2n) is 5.54. The zero-order valence-electron chi connectivity index (χ0n) is 13.9. The molecule has 0 nitrogen and oxygen atoms in total. The SMILES string of the molecule is CCc1cccc(CC)c1[B]c1c(CC)cccc1CC. The van der Waals surface area contributed by atoms with Gasteiger partial charge in [0.05, 0.1) is 0 Å². The highest BCUT2D eigenvalue weighted by Gasteiger charge is 2.13. The van der Waals surface area contributed by atoms with Gasteiger partial charge < -0.3 is 0 Å². The van der Waals surface area contributed by atoms with E-state index in [2.05, 4.69) is 71.4 Å². The summed E-state index contributed by atoms with van der Waals surface area (Å²) in [4.78, 5) is 0. The zero-order chi connectivity index (χ0) is 15.2. The molecule has 2 rings (SSSR count). The Morgan fingerprint density at radius 1 is 0.571 bits per heavy atom. The number of benzene rings is 2. The van der Waals surface area contributed by atoms with Crippen LogP contribution in [0.3, 0.4) is 0 Å². The van der Waals surface area contributed by atoms with Crippen molar-refractivity contribution in [3.05, 3.63) is 58.7 Å². The molecule has 0 aromatic heterocycles. The fourth-order valence-electron chi connectivity index (χ4n) is 3.08. The van der Waals surface area contributed by atoms with Gasteiger partial charge in [0.25, 0.3) is 0 Å². The molecule has 0 heterocycles. The van der Waals surface area contributed by atoms with E-state index in [0.29, 0.717) is 0 Å². The lowest BCUT2D eigenvalue weighted by Crippen LogP contribution is -2.36. The molecule has 0 saturated carbocycles.